The zero-order chi connectivity index (χ0) is 10.3. The number of hydrogen-bond donors (Lipinski definition) is 1. The van der Waals surface area contributed by atoms with Crippen molar-refractivity contribution in [2.75, 3.05) is 0 Å². The average Bonchev–Trinajstić information content (AvgIpc) is 2.43. The molecule has 72 valence electrons. The van der Waals surface area contributed by atoms with Gasteiger partial charge < -0.3 is 4.98 Å². The fraction of sp³-hybridized carbons (Fsp3) is 0.182. The zero-order valence-corrected chi connectivity index (χ0v) is 8.77. The van der Waals surface area contributed by atoms with Crippen LogP contribution in [0.4, 0.5) is 0 Å². The zero-order valence-electron chi connectivity index (χ0n) is 8.02. The van der Waals surface area contributed by atoms with Crippen molar-refractivity contribution in [2.24, 2.45) is 0 Å². The van der Waals surface area contributed by atoms with E-state index in [2.05, 4.69) is 4.98 Å². The Morgan fingerprint density at radius 2 is 2.14 bits per heavy atom. The minimum atomic E-state index is 0.0572. The van der Waals surface area contributed by atoms with Crippen molar-refractivity contribution in [3.63, 3.8) is 0 Å². The maximum Gasteiger partial charge on any atom is 0.159 e. The minimum absolute atomic E-state index is 0.0572. The summed E-state index contributed by atoms with van der Waals surface area (Å²) in [6, 6.07) is 5.51. The highest BCUT2D eigenvalue weighted by Gasteiger charge is 2.07. The van der Waals surface area contributed by atoms with Crippen LogP contribution in [0.1, 0.15) is 23.0 Å². The van der Waals surface area contributed by atoms with Crippen LogP contribution in [0.15, 0.2) is 18.2 Å². The van der Waals surface area contributed by atoms with E-state index < -0.39 is 0 Å². The van der Waals surface area contributed by atoms with Gasteiger partial charge in [-0.25, -0.2) is 0 Å². The number of Topliss-reactive ketones (excluding diaryl/α,β-unsaturated/α-hetero) is 1. The van der Waals surface area contributed by atoms with Gasteiger partial charge in [0.05, 0.1) is 5.02 Å². The number of H-pyrrole nitrogens is 1. The van der Waals surface area contributed by atoms with Gasteiger partial charge in [-0.15, -0.1) is 0 Å². The van der Waals surface area contributed by atoms with Crippen LogP contribution >= 0.6 is 11.6 Å². The number of nitrogens with one attached hydrogen (secondary N) is 1. The first-order valence-corrected chi connectivity index (χ1v) is 4.76. The lowest BCUT2D eigenvalue weighted by molar-refractivity contribution is 0.101. The molecule has 0 bridgehead atoms. The molecule has 2 nitrogen and oxygen atoms in total. The third-order valence-electron chi connectivity index (χ3n) is 2.31. The van der Waals surface area contributed by atoms with Gasteiger partial charge in [0.2, 0.25) is 0 Å². The van der Waals surface area contributed by atoms with Gasteiger partial charge in [0, 0.05) is 22.2 Å². The van der Waals surface area contributed by atoms with Crippen molar-refractivity contribution < 1.29 is 4.79 Å². The Bertz CT molecular complexity index is 513. The summed E-state index contributed by atoms with van der Waals surface area (Å²) in [7, 11) is 0. The van der Waals surface area contributed by atoms with E-state index in [9.17, 15) is 4.79 Å². The fourth-order valence-corrected chi connectivity index (χ4v) is 1.72. The summed E-state index contributed by atoms with van der Waals surface area (Å²) < 4.78 is 0. The Labute approximate surface area is 86.9 Å². The summed E-state index contributed by atoms with van der Waals surface area (Å²) in [4.78, 5) is 14.3. The average molecular weight is 208 g/mol. The van der Waals surface area contributed by atoms with Gasteiger partial charge >= 0.3 is 0 Å². The molecule has 1 heterocycles. The molecule has 14 heavy (non-hydrogen) atoms. The van der Waals surface area contributed by atoms with E-state index in [0.29, 0.717) is 10.6 Å². The van der Waals surface area contributed by atoms with Gasteiger partial charge in [-0.05, 0) is 32.0 Å². The predicted octanol–water partition coefficient (Wildman–Crippen LogP) is 3.33. The van der Waals surface area contributed by atoms with Crippen LogP contribution in [-0.2, 0) is 0 Å². The van der Waals surface area contributed by atoms with Crippen LogP contribution in [-0.4, -0.2) is 10.8 Å². The number of fused-ring (bicyclic) bond motifs is 1. The van der Waals surface area contributed by atoms with Crippen LogP contribution in [0.2, 0.25) is 5.02 Å². The molecule has 1 N–H and O–H groups in total. The maximum atomic E-state index is 11.2. The summed E-state index contributed by atoms with van der Waals surface area (Å²) in [6.45, 7) is 3.46. The molecule has 1 aromatic heterocycles. The molecule has 0 saturated heterocycles. The standard InChI is InChI=1S/C11H10ClNO/c1-6-11(12)9-5-8(7(2)14)3-4-10(9)13-6/h3-5,13H,1-2H3. The molecule has 0 unspecified atom stereocenters. The first kappa shape index (κ1) is 9.28. The van der Waals surface area contributed by atoms with E-state index >= 15 is 0 Å². The molecular weight excluding hydrogens is 198 g/mol. The molecule has 0 amide bonds. The van der Waals surface area contributed by atoms with Crippen molar-refractivity contribution in [1.82, 2.24) is 4.98 Å². The second-order valence-corrected chi connectivity index (χ2v) is 3.76. The summed E-state index contributed by atoms with van der Waals surface area (Å²) in [5, 5.41) is 1.61. The normalized spacial score (nSPS) is 10.8. The largest absolute Gasteiger partial charge is 0.357 e. The molecule has 3 heteroatoms. The molecule has 2 aromatic rings. The van der Waals surface area contributed by atoms with Gasteiger partial charge in [-0.1, -0.05) is 11.6 Å². The van der Waals surface area contributed by atoms with E-state index in [0.717, 1.165) is 16.6 Å². The molecule has 0 aliphatic rings. The monoisotopic (exact) mass is 207 g/mol. The second kappa shape index (κ2) is 3.14. The van der Waals surface area contributed by atoms with E-state index in [-0.39, 0.29) is 5.78 Å². The molecule has 0 fully saturated rings. The van der Waals surface area contributed by atoms with Gasteiger partial charge in [0.25, 0.3) is 0 Å². The van der Waals surface area contributed by atoms with Crippen LogP contribution in [0.5, 0.6) is 0 Å². The second-order valence-electron chi connectivity index (χ2n) is 3.38. The Hall–Kier alpha value is -1.28. The summed E-state index contributed by atoms with van der Waals surface area (Å²) in [5.41, 5.74) is 2.60. The number of carbonyl (C=O) groups is 1. The lowest BCUT2D eigenvalue weighted by Crippen LogP contribution is -1.90. The number of ketones is 1. The van der Waals surface area contributed by atoms with Crippen molar-refractivity contribution >= 4 is 28.3 Å². The Morgan fingerprint density at radius 3 is 2.79 bits per heavy atom. The van der Waals surface area contributed by atoms with E-state index in [1.165, 1.54) is 0 Å². The van der Waals surface area contributed by atoms with Gasteiger partial charge in [0.15, 0.2) is 5.78 Å². The highest BCUT2D eigenvalue weighted by molar-refractivity contribution is 6.36. The highest BCUT2D eigenvalue weighted by Crippen LogP contribution is 2.27. The van der Waals surface area contributed by atoms with Crippen molar-refractivity contribution in [2.45, 2.75) is 13.8 Å². The Kier molecular flexibility index (Phi) is 2.08. The minimum Gasteiger partial charge on any atom is -0.357 e. The van der Waals surface area contributed by atoms with Crippen LogP contribution in [0.3, 0.4) is 0 Å². The Balaban J connectivity index is 2.76. The highest BCUT2D eigenvalue weighted by atomic mass is 35.5. The summed E-state index contributed by atoms with van der Waals surface area (Å²) in [6.07, 6.45) is 0. The van der Waals surface area contributed by atoms with E-state index in [1.807, 2.05) is 19.1 Å². The quantitative estimate of drug-likeness (QED) is 0.715. The van der Waals surface area contributed by atoms with Crippen LogP contribution in [0, 0.1) is 6.92 Å². The number of aromatic amines is 1. The van der Waals surface area contributed by atoms with E-state index in [4.69, 9.17) is 11.6 Å². The number of rotatable bonds is 1. The number of halogens is 1. The SMILES string of the molecule is CC(=O)c1ccc2[nH]c(C)c(Cl)c2c1. The topological polar surface area (TPSA) is 32.9 Å². The third-order valence-corrected chi connectivity index (χ3v) is 2.80. The predicted molar refractivity (Wildman–Crippen MR) is 58.1 cm³/mol. The first-order valence-electron chi connectivity index (χ1n) is 4.38. The molecule has 2 rings (SSSR count). The van der Waals surface area contributed by atoms with Crippen molar-refractivity contribution in [1.29, 1.82) is 0 Å². The number of aryl methyl sites for hydroxylation is 1. The molecule has 0 aliphatic carbocycles. The van der Waals surface area contributed by atoms with Crippen molar-refractivity contribution in [3.8, 4) is 0 Å². The van der Waals surface area contributed by atoms with Crippen LogP contribution in [0.25, 0.3) is 10.9 Å². The Morgan fingerprint density at radius 1 is 1.43 bits per heavy atom. The maximum absolute atomic E-state index is 11.2. The van der Waals surface area contributed by atoms with Gasteiger partial charge in [-0.2, -0.15) is 0 Å². The summed E-state index contributed by atoms with van der Waals surface area (Å²) >= 11 is 6.08. The number of benzene rings is 1. The molecule has 0 aliphatic heterocycles. The van der Waals surface area contributed by atoms with Crippen LogP contribution < -0.4 is 0 Å². The lowest BCUT2D eigenvalue weighted by Gasteiger charge is -1.95. The third kappa shape index (κ3) is 1.32. The number of hydrogen-bond acceptors (Lipinski definition) is 1. The van der Waals surface area contributed by atoms with Gasteiger partial charge in [-0.3, -0.25) is 4.79 Å². The van der Waals surface area contributed by atoms with E-state index in [1.54, 1.807) is 13.0 Å². The molecule has 0 radical (unpaired) electrons. The molecular formula is C11H10ClNO. The first-order chi connectivity index (χ1) is 6.59. The number of aromatic nitrogens is 1. The number of carbonyl (C=O) groups excluding carboxylic acids is 1. The lowest BCUT2D eigenvalue weighted by atomic mass is 10.1. The molecule has 1 aromatic carbocycles. The smallest absolute Gasteiger partial charge is 0.159 e. The summed E-state index contributed by atoms with van der Waals surface area (Å²) in [5.74, 6) is 0.0572. The molecule has 0 saturated carbocycles. The molecule has 0 spiro atoms. The fourth-order valence-electron chi connectivity index (χ4n) is 1.51. The van der Waals surface area contributed by atoms with Gasteiger partial charge in [0.1, 0.15) is 0 Å². The molecule has 0 atom stereocenters. The van der Waals surface area contributed by atoms with Crippen molar-refractivity contribution in [3.05, 3.63) is 34.5 Å².